The number of carbonyl (C=O) groups is 2. The summed E-state index contributed by atoms with van der Waals surface area (Å²) in [5.74, 6) is 0.320. The summed E-state index contributed by atoms with van der Waals surface area (Å²) in [5, 5.41) is 3.19. The molecule has 1 aromatic carbocycles. The normalized spacial score (nSPS) is 26.0. The van der Waals surface area contributed by atoms with Crippen LogP contribution in [0.1, 0.15) is 65.7 Å². The van der Waals surface area contributed by atoms with Crippen molar-refractivity contribution in [2.75, 3.05) is 19.6 Å². The van der Waals surface area contributed by atoms with Crippen molar-refractivity contribution < 1.29 is 9.59 Å². The van der Waals surface area contributed by atoms with Crippen molar-refractivity contribution in [3.8, 4) is 0 Å². The van der Waals surface area contributed by atoms with Gasteiger partial charge >= 0.3 is 0 Å². The molecule has 0 unspecified atom stereocenters. The Kier molecular flexibility index (Phi) is 5.65. The molecule has 1 aromatic rings. The Labute approximate surface area is 165 Å². The van der Waals surface area contributed by atoms with Crippen molar-refractivity contribution in [2.24, 2.45) is 5.92 Å². The first-order chi connectivity index (χ1) is 13.2. The molecule has 0 amide bonds. The molecule has 2 atom stereocenters. The fourth-order valence-corrected chi connectivity index (χ4v) is 5.25. The van der Waals surface area contributed by atoms with E-state index in [-0.39, 0.29) is 22.3 Å². The lowest BCUT2D eigenvalue weighted by Crippen LogP contribution is -2.48. The molecule has 1 aliphatic carbocycles. The Bertz CT molecular complexity index is 771. The Balaban J connectivity index is 1.34. The maximum atomic E-state index is 12.7. The Morgan fingerprint density at radius 2 is 1.74 bits per heavy atom. The molecule has 2 fully saturated rings. The van der Waals surface area contributed by atoms with Crippen molar-refractivity contribution in [1.29, 1.82) is 0 Å². The molecule has 4 rings (SSSR count). The molecule has 0 saturated carbocycles. The molecule has 0 aromatic heterocycles. The number of hydrogen-bond donors (Lipinski definition) is 1. The van der Waals surface area contributed by atoms with E-state index in [9.17, 15) is 9.59 Å². The highest BCUT2D eigenvalue weighted by Gasteiger charge is 2.33. The minimum Gasteiger partial charge on any atom is -0.381 e. The first-order valence-corrected chi connectivity index (χ1v) is 10.6. The molecule has 0 bridgehead atoms. The smallest absolute Gasteiger partial charge is 0.211 e. The largest absolute Gasteiger partial charge is 0.381 e. The number of allylic oxidation sites excluding steroid dienone is 2. The van der Waals surface area contributed by atoms with Crippen LogP contribution < -0.4 is 5.32 Å². The van der Waals surface area contributed by atoms with E-state index in [4.69, 9.17) is 11.6 Å². The van der Waals surface area contributed by atoms with E-state index < -0.39 is 0 Å². The van der Waals surface area contributed by atoms with Gasteiger partial charge in [-0.05, 0) is 57.5 Å². The SMILES string of the molecule is O=C1C(Cl)=C(NCCC[C@@H]2CCCN3CCCC[C@H]23)C(=O)c2ccccc21. The summed E-state index contributed by atoms with van der Waals surface area (Å²) in [5.41, 5.74) is 1.11. The molecule has 2 aliphatic heterocycles. The highest BCUT2D eigenvalue weighted by Crippen LogP contribution is 2.33. The summed E-state index contributed by atoms with van der Waals surface area (Å²) in [6.45, 7) is 3.20. The van der Waals surface area contributed by atoms with Crippen LogP contribution in [0, 0.1) is 5.92 Å². The molecule has 3 aliphatic rings. The van der Waals surface area contributed by atoms with Crippen molar-refractivity contribution in [2.45, 2.75) is 51.0 Å². The third-order valence-electron chi connectivity index (χ3n) is 6.34. The van der Waals surface area contributed by atoms with Crippen molar-refractivity contribution in [3.05, 3.63) is 46.1 Å². The fourth-order valence-electron chi connectivity index (χ4n) is 4.99. The fraction of sp³-hybridized carbons (Fsp3) is 0.545. The number of halogens is 1. The molecule has 2 saturated heterocycles. The third kappa shape index (κ3) is 3.70. The van der Waals surface area contributed by atoms with Crippen LogP contribution in [0.3, 0.4) is 0 Å². The highest BCUT2D eigenvalue weighted by molar-refractivity contribution is 6.49. The number of fused-ring (bicyclic) bond motifs is 2. The van der Waals surface area contributed by atoms with Crippen LogP contribution in [0.2, 0.25) is 0 Å². The summed E-state index contributed by atoms with van der Waals surface area (Å²) < 4.78 is 0. The van der Waals surface area contributed by atoms with Gasteiger partial charge in [0.1, 0.15) is 10.7 Å². The molecule has 27 heavy (non-hydrogen) atoms. The van der Waals surface area contributed by atoms with E-state index in [1.165, 1.54) is 45.2 Å². The van der Waals surface area contributed by atoms with Crippen LogP contribution in [0.15, 0.2) is 35.0 Å². The molecule has 0 spiro atoms. The van der Waals surface area contributed by atoms with E-state index in [0.29, 0.717) is 17.7 Å². The zero-order chi connectivity index (χ0) is 18.8. The average molecular weight is 387 g/mol. The highest BCUT2D eigenvalue weighted by atomic mass is 35.5. The predicted octanol–water partition coefficient (Wildman–Crippen LogP) is 4.15. The lowest BCUT2D eigenvalue weighted by Gasteiger charge is -2.44. The van der Waals surface area contributed by atoms with Gasteiger partial charge in [-0.1, -0.05) is 42.3 Å². The van der Waals surface area contributed by atoms with E-state index in [1.807, 2.05) is 0 Å². The Hall–Kier alpha value is -1.65. The van der Waals surface area contributed by atoms with Gasteiger partial charge in [0.2, 0.25) is 11.6 Å². The maximum absolute atomic E-state index is 12.7. The number of hydrogen-bond acceptors (Lipinski definition) is 4. The quantitative estimate of drug-likeness (QED) is 0.772. The van der Waals surface area contributed by atoms with Gasteiger partial charge in [0, 0.05) is 23.7 Å². The molecule has 0 radical (unpaired) electrons. The summed E-state index contributed by atoms with van der Waals surface area (Å²) in [4.78, 5) is 27.8. The Morgan fingerprint density at radius 3 is 2.56 bits per heavy atom. The molecule has 144 valence electrons. The molecule has 4 nitrogen and oxygen atoms in total. The third-order valence-corrected chi connectivity index (χ3v) is 6.70. The zero-order valence-corrected chi connectivity index (χ0v) is 16.4. The zero-order valence-electron chi connectivity index (χ0n) is 15.7. The van der Waals surface area contributed by atoms with Gasteiger partial charge in [0.05, 0.1) is 0 Å². The van der Waals surface area contributed by atoms with Crippen LogP contribution in [0.5, 0.6) is 0 Å². The summed E-state index contributed by atoms with van der Waals surface area (Å²) in [6, 6.07) is 7.64. The Morgan fingerprint density at radius 1 is 1.00 bits per heavy atom. The number of ketones is 2. The first-order valence-electron chi connectivity index (χ1n) is 10.2. The van der Waals surface area contributed by atoms with E-state index in [2.05, 4.69) is 10.2 Å². The van der Waals surface area contributed by atoms with Gasteiger partial charge in [-0.3, -0.25) is 9.59 Å². The van der Waals surface area contributed by atoms with Gasteiger partial charge < -0.3 is 10.2 Å². The number of Topliss-reactive ketones (excluding diaryl/α,β-unsaturated/α-hetero) is 2. The second-order valence-corrected chi connectivity index (χ2v) is 8.34. The van der Waals surface area contributed by atoms with Crippen molar-refractivity contribution >= 4 is 23.2 Å². The molecule has 5 heteroatoms. The average Bonchev–Trinajstić information content (AvgIpc) is 2.71. The number of nitrogens with zero attached hydrogens (tertiary/aromatic N) is 1. The van der Waals surface area contributed by atoms with Gasteiger partial charge in [-0.15, -0.1) is 0 Å². The molecule has 2 heterocycles. The summed E-state index contributed by atoms with van der Waals surface area (Å²) in [7, 11) is 0. The minimum absolute atomic E-state index is 0.0230. The first kappa shape index (κ1) is 18.7. The lowest BCUT2D eigenvalue weighted by molar-refractivity contribution is 0.0550. The number of benzene rings is 1. The van der Waals surface area contributed by atoms with Crippen molar-refractivity contribution in [1.82, 2.24) is 10.2 Å². The monoisotopic (exact) mass is 386 g/mol. The van der Waals surface area contributed by atoms with Crippen LogP contribution in [-0.2, 0) is 0 Å². The second-order valence-electron chi connectivity index (χ2n) is 7.96. The maximum Gasteiger partial charge on any atom is 0.211 e. The topological polar surface area (TPSA) is 49.4 Å². The summed E-state index contributed by atoms with van der Waals surface area (Å²) >= 11 is 6.21. The van der Waals surface area contributed by atoms with Gasteiger partial charge in [0.25, 0.3) is 0 Å². The van der Waals surface area contributed by atoms with Crippen molar-refractivity contribution in [3.63, 3.8) is 0 Å². The van der Waals surface area contributed by atoms with E-state index >= 15 is 0 Å². The van der Waals surface area contributed by atoms with E-state index in [1.54, 1.807) is 24.3 Å². The van der Waals surface area contributed by atoms with E-state index in [0.717, 1.165) is 24.8 Å². The van der Waals surface area contributed by atoms with Gasteiger partial charge in [0.15, 0.2) is 0 Å². The van der Waals surface area contributed by atoms with Gasteiger partial charge in [-0.2, -0.15) is 0 Å². The van der Waals surface area contributed by atoms with Crippen LogP contribution in [0.4, 0.5) is 0 Å². The lowest BCUT2D eigenvalue weighted by atomic mass is 9.81. The number of piperidine rings is 2. The van der Waals surface area contributed by atoms with Crippen LogP contribution >= 0.6 is 11.6 Å². The summed E-state index contributed by atoms with van der Waals surface area (Å²) in [6.07, 6.45) is 8.80. The second kappa shape index (κ2) is 8.15. The predicted molar refractivity (Wildman–Crippen MR) is 107 cm³/mol. The number of carbonyl (C=O) groups excluding carboxylic acids is 2. The standard InChI is InChI=1S/C22H27ClN2O2/c23-19-20(22(27)17-10-2-1-9-16(17)21(19)26)24-12-5-7-15-8-6-14-25-13-4-3-11-18(15)25/h1-2,9-10,15,18,24H,3-8,11-14H2/t15-,18-/m1/s1. The molecular formula is C22H27ClN2O2. The van der Waals surface area contributed by atoms with Gasteiger partial charge in [-0.25, -0.2) is 0 Å². The molecule has 1 N–H and O–H groups in total. The van der Waals surface area contributed by atoms with Crippen LogP contribution in [0.25, 0.3) is 0 Å². The minimum atomic E-state index is -0.264. The number of rotatable bonds is 5. The molecular weight excluding hydrogens is 360 g/mol. The van der Waals surface area contributed by atoms with Crippen LogP contribution in [-0.4, -0.2) is 42.1 Å². The number of nitrogens with one attached hydrogen (secondary N) is 1.